The second-order valence-electron chi connectivity index (χ2n) is 3.71. The van der Waals surface area contributed by atoms with Gasteiger partial charge in [-0.25, -0.2) is 0 Å². The van der Waals surface area contributed by atoms with Crippen molar-refractivity contribution in [3.8, 4) is 5.69 Å². The minimum atomic E-state index is -0.731. The molecule has 2 aromatic heterocycles. The van der Waals surface area contributed by atoms with Gasteiger partial charge in [0.1, 0.15) is 11.2 Å². The van der Waals surface area contributed by atoms with Crippen molar-refractivity contribution in [1.29, 1.82) is 0 Å². The molecule has 0 saturated carbocycles. The van der Waals surface area contributed by atoms with Crippen LogP contribution in [0.4, 0.5) is 0 Å². The van der Waals surface area contributed by atoms with Gasteiger partial charge < -0.3 is 15.2 Å². The molecule has 1 atom stereocenters. The Morgan fingerprint density at radius 2 is 2.53 bits per heavy atom. The highest BCUT2D eigenvalue weighted by atomic mass is 32.1. The zero-order valence-electron chi connectivity index (χ0n) is 10.2. The number of aliphatic hydroxyl groups excluding tert-OH is 1. The summed E-state index contributed by atoms with van der Waals surface area (Å²) >= 11 is 1.28. The number of hydrogen-bond acceptors (Lipinski definition) is 7. The molecule has 1 amide bonds. The fraction of sp³-hybridized carbons (Fsp3) is 0.400. The molecule has 0 radical (unpaired) electrons. The summed E-state index contributed by atoms with van der Waals surface area (Å²) in [7, 11) is 1.49. The third-order valence-corrected chi connectivity index (χ3v) is 3.21. The van der Waals surface area contributed by atoms with Crippen LogP contribution in [0.25, 0.3) is 5.69 Å². The Kier molecular flexibility index (Phi) is 4.55. The zero-order chi connectivity index (χ0) is 13.7. The Balaban J connectivity index is 2.02. The summed E-state index contributed by atoms with van der Waals surface area (Å²) in [6, 6.07) is 1.75. The number of ether oxygens (including phenoxy) is 1. The van der Waals surface area contributed by atoms with E-state index in [0.717, 1.165) is 0 Å². The van der Waals surface area contributed by atoms with Gasteiger partial charge in [-0.3, -0.25) is 4.79 Å². The van der Waals surface area contributed by atoms with Crippen molar-refractivity contribution >= 4 is 17.2 Å². The molecule has 2 rings (SSSR count). The quantitative estimate of drug-likeness (QED) is 0.738. The summed E-state index contributed by atoms with van der Waals surface area (Å²) in [5.41, 5.74) is 0.605. The molecule has 2 N–H and O–H groups in total. The molecule has 0 fully saturated rings. The number of nitrogens with zero attached hydrogens (tertiary/aromatic N) is 4. The van der Waals surface area contributed by atoms with Crippen molar-refractivity contribution in [3.05, 3.63) is 22.7 Å². The first-order valence-electron chi connectivity index (χ1n) is 5.48. The Morgan fingerprint density at radius 1 is 1.68 bits per heavy atom. The van der Waals surface area contributed by atoms with E-state index in [1.54, 1.807) is 11.4 Å². The summed E-state index contributed by atoms with van der Waals surface area (Å²) in [4.78, 5) is 12.5. The van der Waals surface area contributed by atoms with Gasteiger partial charge in [0.2, 0.25) is 0 Å². The molecule has 8 nitrogen and oxygen atoms in total. The molecule has 0 bridgehead atoms. The molecule has 9 heteroatoms. The third-order valence-electron chi connectivity index (χ3n) is 2.30. The van der Waals surface area contributed by atoms with E-state index < -0.39 is 6.10 Å². The lowest BCUT2D eigenvalue weighted by Crippen LogP contribution is -2.34. The Bertz CT molecular complexity index is 527. The first-order valence-corrected chi connectivity index (χ1v) is 6.36. The van der Waals surface area contributed by atoms with Gasteiger partial charge in [-0.2, -0.15) is 4.68 Å². The average molecular weight is 283 g/mol. The predicted octanol–water partition coefficient (Wildman–Crippen LogP) is -0.539. The zero-order valence-corrected chi connectivity index (χ0v) is 11.0. The molecular weight excluding hydrogens is 270 g/mol. The van der Waals surface area contributed by atoms with Crippen LogP contribution in [-0.4, -0.2) is 57.6 Å². The lowest BCUT2D eigenvalue weighted by Gasteiger charge is -2.10. The van der Waals surface area contributed by atoms with E-state index >= 15 is 0 Å². The number of nitrogens with one attached hydrogen (secondary N) is 1. The van der Waals surface area contributed by atoms with Crippen molar-refractivity contribution in [1.82, 2.24) is 25.5 Å². The van der Waals surface area contributed by atoms with Crippen molar-refractivity contribution in [2.75, 3.05) is 20.3 Å². The van der Waals surface area contributed by atoms with Crippen LogP contribution in [0.2, 0.25) is 0 Å². The van der Waals surface area contributed by atoms with E-state index in [-0.39, 0.29) is 19.1 Å². The summed E-state index contributed by atoms with van der Waals surface area (Å²) in [6.45, 7) is 0.296. The van der Waals surface area contributed by atoms with Crippen molar-refractivity contribution in [2.24, 2.45) is 0 Å². The molecule has 0 aliphatic carbocycles. The number of amides is 1. The molecule has 0 aliphatic rings. The molecule has 0 spiro atoms. The highest BCUT2D eigenvalue weighted by molar-refractivity contribution is 7.12. The number of carbonyl (C=O) groups is 1. The number of hydrogen-bond donors (Lipinski definition) is 2. The van der Waals surface area contributed by atoms with E-state index in [1.165, 1.54) is 29.5 Å². The number of aromatic nitrogens is 4. The molecule has 102 valence electrons. The number of rotatable bonds is 6. The van der Waals surface area contributed by atoms with Gasteiger partial charge in [-0.1, -0.05) is 0 Å². The van der Waals surface area contributed by atoms with Crippen molar-refractivity contribution in [2.45, 2.75) is 6.10 Å². The monoisotopic (exact) mass is 283 g/mol. The highest BCUT2D eigenvalue weighted by Crippen LogP contribution is 2.19. The van der Waals surface area contributed by atoms with Gasteiger partial charge in [-0.05, 0) is 21.9 Å². The number of aliphatic hydroxyl groups is 1. The van der Waals surface area contributed by atoms with E-state index in [0.29, 0.717) is 10.6 Å². The molecule has 1 unspecified atom stereocenters. The van der Waals surface area contributed by atoms with Crippen LogP contribution in [-0.2, 0) is 4.74 Å². The molecule has 0 aliphatic heterocycles. The summed E-state index contributed by atoms with van der Waals surface area (Å²) in [5.74, 6) is -0.282. The number of thiophene rings is 1. The molecule has 0 saturated heterocycles. The predicted molar refractivity (Wildman–Crippen MR) is 67.2 cm³/mol. The minimum Gasteiger partial charge on any atom is -0.389 e. The Labute approximate surface area is 113 Å². The smallest absolute Gasteiger partial charge is 0.263 e. The van der Waals surface area contributed by atoms with Crippen LogP contribution < -0.4 is 5.32 Å². The standard InChI is InChI=1S/C10H13N5O3S/c1-18-5-7(16)4-11-10(17)9-8(2-3-19-9)15-6-12-13-14-15/h2-3,6-7,16H,4-5H2,1H3,(H,11,17). The van der Waals surface area contributed by atoms with Gasteiger partial charge in [0.15, 0.2) is 0 Å². The maximum absolute atomic E-state index is 12.0. The van der Waals surface area contributed by atoms with Crippen LogP contribution in [0.3, 0.4) is 0 Å². The normalized spacial score (nSPS) is 12.3. The molecule has 2 aromatic rings. The Morgan fingerprint density at radius 3 is 3.21 bits per heavy atom. The second-order valence-corrected chi connectivity index (χ2v) is 4.62. The average Bonchev–Trinajstić information content (AvgIpc) is 3.05. The number of tetrazole rings is 1. The van der Waals surface area contributed by atoms with Crippen molar-refractivity contribution in [3.63, 3.8) is 0 Å². The molecular formula is C10H13N5O3S. The number of methoxy groups -OCH3 is 1. The first kappa shape index (κ1) is 13.6. The lowest BCUT2D eigenvalue weighted by atomic mass is 10.3. The summed E-state index contributed by atoms with van der Waals surface area (Å²) in [6.07, 6.45) is 0.684. The first-order chi connectivity index (χ1) is 9.22. The fourth-order valence-electron chi connectivity index (χ4n) is 1.47. The molecule has 2 heterocycles. The van der Waals surface area contributed by atoms with Gasteiger partial charge in [0.25, 0.3) is 5.91 Å². The minimum absolute atomic E-state index is 0.125. The van der Waals surface area contributed by atoms with Gasteiger partial charge in [0, 0.05) is 13.7 Å². The van der Waals surface area contributed by atoms with E-state index in [9.17, 15) is 9.90 Å². The Hall–Kier alpha value is -1.84. The maximum atomic E-state index is 12.0. The topological polar surface area (TPSA) is 102 Å². The summed E-state index contributed by atoms with van der Waals surface area (Å²) < 4.78 is 6.19. The van der Waals surface area contributed by atoms with Crippen LogP contribution in [0.1, 0.15) is 9.67 Å². The van der Waals surface area contributed by atoms with Gasteiger partial charge >= 0.3 is 0 Å². The SMILES string of the molecule is COCC(O)CNC(=O)c1sccc1-n1cnnn1. The largest absolute Gasteiger partial charge is 0.389 e. The van der Waals surface area contributed by atoms with Crippen LogP contribution in [0.15, 0.2) is 17.8 Å². The van der Waals surface area contributed by atoms with E-state index in [2.05, 4.69) is 20.8 Å². The van der Waals surface area contributed by atoms with Crippen molar-refractivity contribution < 1.29 is 14.6 Å². The third kappa shape index (κ3) is 3.34. The van der Waals surface area contributed by atoms with Gasteiger partial charge in [-0.15, -0.1) is 16.4 Å². The van der Waals surface area contributed by atoms with Crippen LogP contribution in [0.5, 0.6) is 0 Å². The molecule has 0 aromatic carbocycles. The summed E-state index contributed by atoms with van der Waals surface area (Å²) in [5, 5.41) is 24.7. The van der Waals surface area contributed by atoms with Crippen LogP contribution >= 0.6 is 11.3 Å². The fourth-order valence-corrected chi connectivity index (χ4v) is 2.26. The highest BCUT2D eigenvalue weighted by Gasteiger charge is 2.16. The van der Waals surface area contributed by atoms with E-state index in [1.807, 2.05) is 0 Å². The lowest BCUT2D eigenvalue weighted by molar-refractivity contribution is 0.0610. The second kappa shape index (κ2) is 6.36. The van der Waals surface area contributed by atoms with Crippen LogP contribution in [0, 0.1) is 0 Å². The van der Waals surface area contributed by atoms with Gasteiger partial charge in [0.05, 0.1) is 18.4 Å². The molecule has 19 heavy (non-hydrogen) atoms. The number of carbonyl (C=O) groups excluding carboxylic acids is 1. The van der Waals surface area contributed by atoms with E-state index in [4.69, 9.17) is 4.74 Å². The maximum Gasteiger partial charge on any atom is 0.263 e.